The number of ether oxygens (including phenoxy) is 2. The molecule has 1 aromatic rings. The van der Waals surface area contributed by atoms with Gasteiger partial charge in [-0.1, -0.05) is 0 Å². The Hall–Kier alpha value is -1.93. The molecule has 3 atom stereocenters. The lowest BCUT2D eigenvalue weighted by atomic mass is 10.2. The van der Waals surface area contributed by atoms with Crippen LogP contribution in [0.5, 0.6) is 0 Å². The molecule has 0 saturated carbocycles. The van der Waals surface area contributed by atoms with Gasteiger partial charge in [0, 0.05) is 31.8 Å². The van der Waals surface area contributed by atoms with Gasteiger partial charge in [0.25, 0.3) is 0 Å². The van der Waals surface area contributed by atoms with Crippen LogP contribution < -0.4 is 15.5 Å². The SMILES string of the molecule is NC[C@H]1CN(c2cc(F)c(N3CC4CCC(C3)O4)c(F)c2)C(=O)O1. The van der Waals surface area contributed by atoms with Crippen LogP contribution in [0.25, 0.3) is 0 Å². The monoisotopic (exact) mass is 339 g/mol. The molecule has 0 spiro atoms. The minimum Gasteiger partial charge on any atom is -0.443 e. The Morgan fingerprint density at radius 2 is 1.75 bits per heavy atom. The Labute approximate surface area is 138 Å². The maximum atomic E-state index is 14.6. The van der Waals surface area contributed by atoms with E-state index in [0.29, 0.717) is 13.1 Å². The summed E-state index contributed by atoms with van der Waals surface area (Å²) in [6.45, 7) is 1.31. The molecule has 3 fully saturated rings. The summed E-state index contributed by atoms with van der Waals surface area (Å²) < 4.78 is 39.9. The molecule has 6 nitrogen and oxygen atoms in total. The largest absolute Gasteiger partial charge is 0.443 e. The third-order valence-corrected chi connectivity index (χ3v) is 4.81. The molecule has 3 aliphatic heterocycles. The van der Waals surface area contributed by atoms with Crippen LogP contribution >= 0.6 is 0 Å². The molecular weight excluding hydrogens is 320 g/mol. The van der Waals surface area contributed by atoms with E-state index in [1.165, 1.54) is 17.0 Å². The highest BCUT2D eigenvalue weighted by Crippen LogP contribution is 2.35. The van der Waals surface area contributed by atoms with Crippen molar-refractivity contribution in [3.63, 3.8) is 0 Å². The van der Waals surface area contributed by atoms with Crippen LogP contribution in [0, 0.1) is 11.6 Å². The van der Waals surface area contributed by atoms with Gasteiger partial charge in [-0.3, -0.25) is 4.90 Å². The Morgan fingerprint density at radius 3 is 2.29 bits per heavy atom. The minimum atomic E-state index is -0.685. The van der Waals surface area contributed by atoms with Crippen LogP contribution in [0.2, 0.25) is 0 Å². The van der Waals surface area contributed by atoms with Crippen molar-refractivity contribution in [2.45, 2.75) is 31.2 Å². The Bertz CT molecular complexity index is 637. The van der Waals surface area contributed by atoms with Gasteiger partial charge in [-0.2, -0.15) is 0 Å². The summed E-state index contributed by atoms with van der Waals surface area (Å²) in [4.78, 5) is 14.7. The predicted octanol–water partition coefficient (Wildman–Crippen LogP) is 1.62. The zero-order valence-electron chi connectivity index (χ0n) is 13.1. The Morgan fingerprint density at radius 1 is 1.12 bits per heavy atom. The summed E-state index contributed by atoms with van der Waals surface area (Å²) in [7, 11) is 0. The summed E-state index contributed by atoms with van der Waals surface area (Å²) in [6, 6.07) is 2.35. The van der Waals surface area contributed by atoms with Crippen LogP contribution in [-0.2, 0) is 9.47 Å². The van der Waals surface area contributed by atoms with Crippen molar-refractivity contribution in [2.24, 2.45) is 5.73 Å². The van der Waals surface area contributed by atoms with Gasteiger partial charge in [-0.15, -0.1) is 0 Å². The molecule has 130 valence electrons. The van der Waals surface area contributed by atoms with Crippen LogP contribution in [-0.4, -0.2) is 50.6 Å². The van der Waals surface area contributed by atoms with E-state index in [1.54, 1.807) is 4.90 Å². The number of nitrogens with zero attached hydrogens (tertiary/aromatic N) is 2. The van der Waals surface area contributed by atoms with E-state index in [2.05, 4.69) is 0 Å². The zero-order valence-corrected chi connectivity index (χ0v) is 13.1. The van der Waals surface area contributed by atoms with E-state index in [1.807, 2.05) is 0 Å². The third-order valence-electron chi connectivity index (χ3n) is 4.81. The van der Waals surface area contributed by atoms with Gasteiger partial charge >= 0.3 is 6.09 Å². The van der Waals surface area contributed by atoms with Crippen LogP contribution in [0.15, 0.2) is 12.1 Å². The summed E-state index contributed by atoms with van der Waals surface area (Å²) in [5.74, 6) is -1.37. The van der Waals surface area contributed by atoms with E-state index in [9.17, 15) is 13.6 Å². The van der Waals surface area contributed by atoms with Gasteiger partial charge in [-0.05, 0) is 12.8 Å². The fourth-order valence-electron chi connectivity index (χ4n) is 3.66. The number of nitrogens with two attached hydrogens (primary N) is 1. The number of benzene rings is 1. The summed E-state index contributed by atoms with van der Waals surface area (Å²) in [5.41, 5.74) is 5.57. The normalized spacial score (nSPS) is 29.3. The standard InChI is InChI=1S/C16H19F2N3O3/c17-13-3-9(21-8-12(5-19)24-16(21)22)4-14(18)15(13)20-6-10-1-2-11(7-20)23-10/h3-4,10-12H,1-2,5-8,19H2/t10?,11?,12-/m0/s1. The maximum Gasteiger partial charge on any atom is 0.414 e. The number of halogens is 2. The first-order chi connectivity index (χ1) is 11.5. The number of fused-ring (bicyclic) bond motifs is 2. The highest BCUT2D eigenvalue weighted by atomic mass is 19.1. The molecule has 0 aliphatic carbocycles. The highest BCUT2D eigenvalue weighted by molar-refractivity contribution is 5.90. The maximum absolute atomic E-state index is 14.6. The topological polar surface area (TPSA) is 68.0 Å². The number of hydrogen-bond donors (Lipinski definition) is 1. The van der Waals surface area contributed by atoms with E-state index in [0.717, 1.165) is 12.8 Å². The van der Waals surface area contributed by atoms with E-state index in [-0.39, 0.29) is 36.7 Å². The number of amides is 1. The molecule has 3 aliphatic rings. The second-order valence-corrected chi connectivity index (χ2v) is 6.47. The van der Waals surface area contributed by atoms with E-state index < -0.39 is 23.8 Å². The minimum absolute atomic E-state index is 0.0288. The van der Waals surface area contributed by atoms with Gasteiger partial charge in [-0.25, -0.2) is 13.6 Å². The number of carbonyl (C=O) groups is 1. The lowest BCUT2D eigenvalue weighted by Gasteiger charge is -2.34. The predicted molar refractivity (Wildman–Crippen MR) is 83.1 cm³/mol. The van der Waals surface area contributed by atoms with Crippen molar-refractivity contribution in [1.29, 1.82) is 0 Å². The first-order valence-corrected chi connectivity index (χ1v) is 8.13. The number of carbonyl (C=O) groups excluding carboxylic acids is 1. The molecular formula is C16H19F2N3O3. The van der Waals surface area contributed by atoms with E-state index in [4.69, 9.17) is 15.2 Å². The third kappa shape index (κ3) is 2.59. The lowest BCUT2D eigenvalue weighted by Crippen LogP contribution is -2.43. The number of hydrogen-bond acceptors (Lipinski definition) is 5. The smallest absolute Gasteiger partial charge is 0.414 e. The lowest BCUT2D eigenvalue weighted by molar-refractivity contribution is 0.0300. The first kappa shape index (κ1) is 15.6. The molecule has 8 heteroatoms. The molecule has 1 aromatic carbocycles. The highest BCUT2D eigenvalue weighted by Gasteiger charge is 2.37. The molecule has 3 saturated heterocycles. The van der Waals surface area contributed by atoms with Crippen molar-refractivity contribution < 1.29 is 23.0 Å². The van der Waals surface area contributed by atoms with Crippen LogP contribution in [0.1, 0.15) is 12.8 Å². The molecule has 0 aromatic heterocycles. The Balaban J connectivity index is 1.61. The molecule has 2 unspecified atom stereocenters. The average molecular weight is 339 g/mol. The summed E-state index contributed by atoms with van der Waals surface area (Å²) >= 11 is 0. The molecule has 1 amide bonds. The second-order valence-electron chi connectivity index (χ2n) is 6.47. The number of anilines is 2. The summed E-state index contributed by atoms with van der Waals surface area (Å²) in [6.07, 6.45) is 0.798. The molecule has 4 rings (SSSR count). The molecule has 2 bridgehead atoms. The van der Waals surface area contributed by atoms with Gasteiger partial charge < -0.3 is 20.1 Å². The Kier molecular flexibility index (Phi) is 3.80. The van der Waals surface area contributed by atoms with E-state index >= 15 is 0 Å². The van der Waals surface area contributed by atoms with Gasteiger partial charge in [0.15, 0.2) is 11.6 Å². The number of rotatable bonds is 3. The zero-order chi connectivity index (χ0) is 16.8. The molecule has 24 heavy (non-hydrogen) atoms. The summed E-state index contributed by atoms with van der Waals surface area (Å²) in [5, 5.41) is 0. The molecule has 2 N–H and O–H groups in total. The average Bonchev–Trinajstić information content (AvgIpc) is 3.08. The van der Waals surface area contributed by atoms with Crippen LogP contribution in [0.3, 0.4) is 0 Å². The van der Waals surface area contributed by atoms with Gasteiger partial charge in [0.1, 0.15) is 11.8 Å². The van der Waals surface area contributed by atoms with Crippen molar-refractivity contribution in [3.8, 4) is 0 Å². The molecule has 3 heterocycles. The first-order valence-electron chi connectivity index (χ1n) is 8.13. The van der Waals surface area contributed by atoms with Gasteiger partial charge in [0.05, 0.1) is 24.4 Å². The number of morpholine rings is 1. The fourth-order valence-corrected chi connectivity index (χ4v) is 3.66. The molecule has 0 radical (unpaired) electrons. The van der Waals surface area contributed by atoms with Gasteiger partial charge in [0.2, 0.25) is 0 Å². The van der Waals surface area contributed by atoms with Crippen molar-refractivity contribution in [3.05, 3.63) is 23.8 Å². The van der Waals surface area contributed by atoms with Crippen LogP contribution in [0.4, 0.5) is 25.0 Å². The fraction of sp³-hybridized carbons (Fsp3) is 0.562. The van der Waals surface area contributed by atoms with Crippen molar-refractivity contribution in [1.82, 2.24) is 0 Å². The number of cyclic esters (lactones) is 1. The quantitative estimate of drug-likeness (QED) is 0.906. The van der Waals surface area contributed by atoms with Crippen molar-refractivity contribution in [2.75, 3.05) is 36.0 Å². The van der Waals surface area contributed by atoms with Crippen molar-refractivity contribution >= 4 is 17.5 Å². The second kappa shape index (κ2) is 5.86.